The Labute approximate surface area is 152 Å². The van der Waals surface area contributed by atoms with Crippen LogP contribution in [0, 0.1) is 35.5 Å². The van der Waals surface area contributed by atoms with Crippen molar-refractivity contribution in [3.63, 3.8) is 0 Å². The molecule has 3 amide bonds. The molecule has 1 saturated heterocycles. The van der Waals surface area contributed by atoms with E-state index in [-0.39, 0.29) is 54.0 Å². The van der Waals surface area contributed by atoms with Crippen LogP contribution in [0.15, 0.2) is 42.5 Å². The van der Waals surface area contributed by atoms with Gasteiger partial charge in [-0.1, -0.05) is 42.5 Å². The first-order valence-corrected chi connectivity index (χ1v) is 9.44. The molecule has 5 aliphatic rings. The van der Waals surface area contributed by atoms with Crippen LogP contribution in [0.3, 0.4) is 0 Å². The summed E-state index contributed by atoms with van der Waals surface area (Å²) in [7, 11) is 0. The number of nitrogens with zero attached hydrogens (tertiary/aromatic N) is 1. The minimum absolute atomic E-state index is 0.146. The van der Waals surface area contributed by atoms with E-state index in [0.717, 1.165) is 12.0 Å². The van der Waals surface area contributed by atoms with Gasteiger partial charge in [-0.15, -0.1) is 0 Å². The van der Waals surface area contributed by atoms with E-state index in [2.05, 4.69) is 17.5 Å². The summed E-state index contributed by atoms with van der Waals surface area (Å²) in [6.45, 7) is 1.73. The van der Waals surface area contributed by atoms with Crippen molar-refractivity contribution < 1.29 is 14.4 Å². The molecule has 2 bridgehead atoms. The Balaban J connectivity index is 1.29. The third-order valence-electron chi connectivity index (χ3n) is 6.73. The molecule has 6 rings (SSSR count). The molecular formula is C21H22N2O3. The minimum atomic E-state index is -0.285. The molecular weight excluding hydrogens is 328 g/mol. The van der Waals surface area contributed by atoms with Gasteiger partial charge in [-0.05, 0) is 42.6 Å². The maximum atomic E-state index is 12.9. The number of benzene rings is 1. The molecule has 134 valence electrons. The quantitative estimate of drug-likeness (QED) is 0.666. The van der Waals surface area contributed by atoms with Crippen LogP contribution in [0.1, 0.15) is 24.9 Å². The first-order valence-electron chi connectivity index (χ1n) is 9.44. The lowest BCUT2D eigenvalue weighted by atomic mass is 9.63. The molecule has 0 radical (unpaired) electrons. The lowest BCUT2D eigenvalue weighted by molar-refractivity contribution is -0.144. The van der Waals surface area contributed by atoms with E-state index in [1.165, 1.54) is 4.90 Å². The van der Waals surface area contributed by atoms with Crippen LogP contribution in [0.2, 0.25) is 0 Å². The van der Waals surface area contributed by atoms with E-state index in [1.54, 1.807) is 0 Å². The second-order valence-corrected chi connectivity index (χ2v) is 8.12. The highest BCUT2D eigenvalue weighted by molar-refractivity contribution is 6.08. The van der Waals surface area contributed by atoms with E-state index in [4.69, 9.17) is 0 Å². The number of carbonyl (C=O) groups excluding carboxylic acids is 3. The maximum absolute atomic E-state index is 12.9. The largest absolute Gasteiger partial charge is 0.348 e. The highest BCUT2D eigenvalue weighted by atomic mass is 16.2. The summed E-state index contributed by atoms with van der Waals surface area (Å²) >= 11 is 0. The third-order valence-corrected chi connectivity index (χ3v) is 6.73. The Morgan fingerprint density at radius 2 is 1.65 bits per heavy atom. The number of imide groups is 1. The smallest absolute Gasteiger partial charge is 0.240 e. The Morgan fingerprint density at radius 3 is 2.23 bits per heavy atom. The Kier molecular flexibility index (Phi) is 3.36. The van der Waals surface area contributed by atoms with Crippen molar-refractivity contribution in [2.24, 2.45) is 35.5 Å². The Hall–Kier alpha value is -2.43. The number of likely N-dealkylation sites (tertiary alicyclic amines) is 1. The van der Waals surface area contributed by atoms with Crippen molar-refractivity contribution in [2.75, 3.05) is 6.54 Å². The SMILES string of the molecule is C[C@H](NC(=O)CN1C(=O)[C@@H]2[C@H]3C=C[C@@H]([C@@H]4C[C@@H]34)[C@@H]2C1=O)c1ccccc1. The van der Waals surface area contributed by atoms with E-state index in [9.17, 15) is 14.4 Å². The molecule has 4 aliphatic carbocycles. The van der Waals surface area contributed by atoms with Gasteiger partial charge in [0.15, 0.2) is 0 Å². The fourth-order valence-electron chi connectivity index (χ4n) is 5.43. The number of carbonyl (C=O) groups is 3. The molecule has 1 heterocycles. The van der Waals surface area contributed by atoms with Gasteiger partial charge in [-0.3, -0.25) is 19.3 Å². The molecule has 5 heteroatoms. The second kappa shape index (κ2) is 5.53. The molecule has 26 heavy (non-hydrogen) atoms. The molecule has 0 aromatic heterocycles. The van der Waals surface area contributed by atoms with Gasteiger partial charge in [0.25, 0.3) is 0 Å². The van der Waals surface area contributed by atoms with Gasteiger partial charge in [-0.25, -0.2) is 0 Å². The standard InChI is InChI=1S/C21H22N2O3/c1-11(12-5-3-2-4-6-12)22-17(24)10-23-20(25)18-13-7-8-14(16-9-15(13)16)19(18)21(23)26/h2-8,11,13-16,18-19H,9-10H2,1H3,(H,22,24)/t11-,13-,14-,15-,16-,18-,19+/m0/s1. The third kappa shape index (κ3) is 2.19. The number of nitrogens with one attached hydrogen (secondary N) is 1. The van der Waals surface area contributed by atoms with E-state index < -0.39 is 0 Å². The predicted molar refractivity (Wildman–Crippen MR) is 94.4 cm³/mol. The summed E-state index contributed by atoms with van der Waals surface area (Å²) in [5.41, 5.74) is 0.996. The molecule has 3 fully saturated rings. The predicted octanol–water partition coefficient (Wildman–Crippen LogP) is 1.92. The Morgan fingerprint density at radius 1 is 1.08 bits per heavy atom. The van der Waals surface area contributed by atoms with Gasteiger partial charge < -0.3 is 5.32 Å². The van der Waals surface area contributed by atoms with Gasteiger partial charge in [0.05, 0.1) is 17.9 Å². The number of allylic oxidation sites excluding steroid dienone is 2. The topological polar surface area (TPSA) is 66.5 Å². The molecule has 1 aromatic rings. The lowest BCUT2D eigenvalue weighted by Gasteiger charge is -2.37. The summed E-state index contributed by atoms with van der Waals surface area (Å²) in [6, 6.07) is 9.50. The molecule has 1 aliphatic heterocycles. The van der Waals surface area contributed by atoms with Gasteiger partial charge in [0, 0.05) is 0 Å². The zero-order chi connectivity index (χ0) is 18.0. The molecule has 5 nitrogen and oxygen atoms in total. The van der Waals surface area contributed by atoms with Gasteiger partial charge >= 0.3 is 0 Å². The first-order chi connectivity index (χ1) is 12.6. The Bertz CT molecular complexity index is 782. The van der Waals surface area contributed by atoms with Crippen molar-refractivity contribution in [3.8, 4) is 0 Å². The van der Waals surface area contributed by atoms with Crippen molar-refractivity contribution in [2.45, 2.75) is 19.4 Å². The molecule has 0 spiro atoms. The monoisotopic (exact) mass is 350 g/mol. The molecule has 0 unspecified atom stereocenters. The van der Waals surface area contributed by atoms with Crippen molar-refractivity contribution in [3.05, 3.63) is 48.0 Å². The fraction of sp³-hybridized carbons (Fsp3) is 0.476. The first kappa shape index (κ1) is 15.8. The molecule has 7 atom stereocenters. The van der Waals surface area contributed by atoms with Crippen molar-refractivity contribution >= 4 is 17.7 Å². The van der Waals surface area contributed by atoms with Crippen LogP contribution >= 0.6 is 0 Å². The minimum Gasteiger partial charge on any atom is -0.348 e. The van der Waals surface area contributed by atoms with Crippen LogP contribution in [-0.4, -0.2) is 29.2 Å². The highest BCUT2D eigenvalue weighted by Crippen LogP contribution is 2.65. The molecule has 1 aromatic carbocycles. The van der Waals surface area contributed by atoms with E-state index >= 15 is 0 Å². The maximum Gasteiger partial charge on any atom is 0.240 e. The molecule has 2 saturated carbocycles. The van der Waals surface area contributed by atoms with Crippen molar-refractivity contribution in [1.29, 1.82) is 0 Å². The number of hydrogen-bond acceptors (Lipinski definition) is 3. The summed E-state index contributed by atoms with van der Waals surface area (Å²) in [4.78, 5) is 39.4. The summed E-state index contributed by atoms with van der Waals surface area (Å²) in [5, 5.41) is 2.90. The average molecular weight is 350 g/mol. The van der Waals surface area contributed by atoms with Crippen LogP contribution in [0.25, 0.3) is 0 Å². The van der Waals surface area contributed by atoms with E-state index in [0.29, 0.717) is 11.8 Å². The normalized spacial score (nSPS) is 37.3. The second-order valence-electron chi connectivity index (χ2n) is 8.12. The summed E-state index contributed by atoms with van der Waals surface area (Å²) in [5.74, 6) is 0.503. The number of amides is 3. The van der Waals surface area contributed by atoms with E-state index in [1.807, 2.05) is 37.3 Å². The van der Waals surface area contributed by atoms with Gasteiger partial charge in [0.1, 0.15) is 6.54 Å². The zero-order valence-electron chi connectivity index (χ0n) is 14.7. The van der Waals surface area contributed by atoms with Crippen LogP contribution < -0.4 is 5.32 Å². The van der Waals surface area contributed by atoms with Gasteiger partial charge in [0.2, 0.25) is 17.7 Å². The summed E-state index contributed by atoms with van der Waals surface area (Å²) < 4.78 is 0. The zero-order valence-corrected chi connectivity index (χ0v) is 14.7. The number of rotatable bonds is 4. The summed E-state index contributed by atoms with van der Waals surface area (Å²) in [6.07, 6.45) is 5.43. The lowest BCUT2D eigenvalue weighted by Crippen LogP contribution is -2.42. The average Bonchev–Trinajstić information content (AvgIpc) is 3.43. The van der Waals surface area contributed by atoms with Gasteiger partial charge in [-0.2, -0.15) is 0 Å². The fourth-order valence-corrected chi connectivity index (χ4v) is 5.43. The highest BCUT2D eigenvalue weighted by Gasteiger charge is 2.67. The molecule has 1 N–H and O–H groups in total. The van der Waals surface area contributed by atoms with Crippen molar-refractivity contribution in [1.82, 2.24) is 10.2 Å². The van der Waals surface area contributed by atoms with Crippen LogP contribution in [-0.2, 0) is 14.4 Å². The number of hydrogen-bond donors (Lipinski definition) is 1. The van der Waals surface area contributed by atoms with Crippen LogP contribution in [0.5, 0.6) is 0 Å². The van der Waals surface area contributed by atoms with Crippen LogP contribution in [0.4, 0.5) is 0 Å².